The molecule has 1 unspecified atom stereocenters. The molecule has 0 spiro atoms. The molecule has 0 radical (unpaired) electrons. The minimum absolute atomic E-state index is 0.696. The summed E-state index contributed by atoms with van der Waals surface area (Å²) in [5.74, 6) is 0.696. The van der Waals surface area contributed by atoms with Crippen molar-refractivity contribution in [2.45, 2.75) is 33.1 Å². The molecule has 0 bridgehead atoms. The molecule has 1 rings (SSSR count). The highest BCUT2D eigenvalue weighted by Crippen LogP contribution is 2.07. The summed E-state index contributed by atoms with van der Waals surface area (Å²) in [6.07, 6.45) is 3.88. The van der Waals surface area contributed by atoms with Crippen LogP contribution in [0.25, 0.3) is 0 Å². The second-order valence-electron chi connectivity index (χ2n) is 5.17. The van der Waals surface area contributed by atoms with Crippen LogP contribution in [0.15, 0.2) is 0 Å². The van der Waals surface area contributed by atoms with Crippen molar-refractivity contribution in [3.05, 3.63) is 0 Å². The summed E-state index contributed by atoms with van der Waals surface area (Å²) in [6.45, 7) is 12.9. The van der Waals surface area contributed by atoms with Crippen LogP contribution in [0.5, 0.6) is 0 Å². The number of nitrogens with zero attached hydrogens (tertiary/aromatic N) is 2. The predicted molar refractivity (Wildman–Crippen MR) is 70.6 cm³/mol. The van der Waals surface area contributed by atoms with Gasteiger partial charge in [0.1, 0.15) is 0 Å². The van der Waals surface area contributed by atoms with E-state index in [1.165, 1.54) is 58.5 Å². The van der Waals surface area contributed by atoms with Crippen LogP contribution in [0.1, 0.15) is 33.1 Å². The molecule has 2 N–H and O–H groups in total. The number of hydrogen-bond acceptors (Lipinski definition) is 3. The SMILES string of the molecule is CCCN1CCN(CCCC(C)CN)CC1. The Morgan fingerprint density at radius 2 is 1.62 bits per heavy atom. The van der Waals surface area contributed by atoms with E-state index in [4.69, 9.17) is 5.73 Å². The van der Waals surface area contributed by atoms with Gasteiger partial charge >= 0.3 is 0 Å². The fraction of sp³-hybridized carbons (Fsp3) is 1.00. The van der Waals surface area contributed by atoms with Crippen molar-refractivity contribution in [2.24, 2.45) is 11.7 Å². The van der Waals surface area contributed by atoms with E-state index >= 15 is 0 Å². The molecule has 1 atom stereocenters. The van der Waals surface area contributed by atoms with Crippen LogP contribution in [-0.2, 0) is 0 Å². The van der Waals surface area contributed by atoms with Gasteiger partial charge in [0.15, 0.2) is 0 Å². The molecule has 0 aliphatic carbocycles. The van der Waals surface area contributed by atoms with E-state index in [0.717, 1.165) is 6.54 Å². The smallest absolute Gasteiger partial charge is 0.0110 e. The molecular formula is C13H29N3. The van der Waals surface area contributed by atoms with Crippen molar-refractivity contribution in [2.75, 3.05) is 45.8 Å². The zero-order valence-corrected chi connectivity index (χ0v) is 11.1. The Kier molecular flexibility index (Phi) is 7.01. The monoisotopic (exact) mass is 227 g/mol. The maximum atomic E-state index is 5.62. The van der Waals surface area contributed by atoms with Gasteiger partial charge in [-0.3, -0.25) is 0 Å². The van der Waals surface area contributed by atoms with Crippen molar-refractivity contribution in [1.82, 2.24) is 9.80 Å². The second-order valence-corrected chi connectivity index (χ2v) is 5.17. The topological polar surface area (TPSA) is 32.5 Å². The Labute approximate surface area is 101 Å². The fourth-order valence-electron chi connectivity index (χ4n) is 2.33. The molecule has 3 heteroatoms. The first-order valence-corrected chi connectivity index (χ1v) is 6.91. The van der Waals surface area contributed by atoms with Gasteiger partial charge in [0.2, 0.25) is 0 Å². The molecule has 1 fully saturated rings. The lowest BCUT2D eigenvalue weighted by Crippen LogP contribution is -2.46. The van der Waals surface area contributed by atoms with Crippen molar-refractivity contribution in [3.8, 4) is 0 Å². The third-order valence-electron chi connectivity index (χ3n) is 3.58. The lowest BCUT2D eigenvalue weighted by Gasteiger charge is -2.34. The standard InChI is InChI=1S/C13H29N3/c1-3-6-15-8-10-16(11-9-15)7-4-5-13(2)12-14/h13H,3-12,14H2,1-2H3. The van der Waals surface area contributed by atoms with Crippen LogP contribution in [0.3, 0.4) is 0 Å². The van der Waals surface area contributed by atoms with E-state index in [-0.39, 0.29) is 0 Å². The van der Waals surface area contributed by atoms with E-state index in [2.05, 4.69) is 23.6 Å². The van der Waals surface area contributed by atoms with Gasteiger partial charge < -0.3 is 15.5 Å². The lowest BCUT2D eigenvalue weighted by atomic mass is 10.1. The molecule has 96 valence electrons. The normalized spacial score (nSPS) is 21.2. The first-order chi connectivity index (χ1) is 7.76. The molecule has 0 amide bonds. The maximum absolute atomic E-state index is 5.62. The highest BCUT2D eigenvalue weighted by molar-refractivity contribution is 4.71. The highest BCUT2D eigenvalue weighted by atomic mass is 15.3. The summed E-state index contributed by atoms with van der Waals surface area (Å²) in [7, 11) is 0. The maximum Gasteiger partial charge on any atom is 0.0110 e. The molecule has 1 heterocycles. The van der Waals surface area contributed by atoms with Crippen LogP contribution in [-0.4, -0.2) is 55.6 Å². The molecule has 0 aromatic heterocycles. The summed E-state index contributed by atoms with van der Waals surface area (Å²) < 4.78 is 0. The summed E-state index contributed by atoms with van der Waals surface area (Å²) in [6, 6.07) is 0. The summed E-state index contributed by atoms with van der Waals surface area (Å²) in [5, 5.41) is 0. The molecule has 1 aliphatic rings. The van der Waals surface area contributed by atoms with Gasteiger partial charge in [-0.25, -0.2) is 0 Å². The first-order valence-electron chi connectivity index (χ1n) is 6.91. The van der Waals surface area contributed by atoms with Gasteiger partial charge in [-0.2, -0.15) is 0 Å². The lowest BCUT2D eigenvalue weighted by molar-refractivity contribution is 0.130. The molecule has 0 aromatic carbocycles. The third kappa shape index (κ3) is 5.28. The van der Waals surface area contributed by atoms with Crippen molar-refractivity contribution >= 4 is 0 Å². The van der Waals surface area contributed by atoms with Crippen molar-refractivity contribution in [1.29, 1.82) is 0 Å². The zero-order valence-electron chi connectivity index (χ0n) is 11.1. The zero-order chi connectivity index (χ0) is 11.8. The van der Waals surface area contributed by atoms with Crippen LogP contribution in [0.4, 0.5) is 0 Å². The molecule has 0 aromatic rings. The Morgan fingerprint density at radius 3 is 2.12 bits per heavy atom. The second kappa shape index (κ2) is 8.04. The van der Waals surface area contributed by atoms with Gasteiger partial charge in [-0.1, -0.05) is 13.8 Å². The first kappa shape index (κ1) is 13.9. The average Bonchev–Trinajstić information content (AvgIpc) is 2.31. The van der Waals surface area contributed by atoms with Gasteiger partial charge in [-0.05, 0) is 44.8 Å². The van der Waals surface area contributed by atoms with Gasteiger partial charge in [0, 0.05) is 26.2 Å². The van der Waals surface area contributed by atoms with E-state index in [0.29, 0.717) is 5.92 Å². The van der Waals surface area contributed by atoms with E-state index in [1.54, 1.807) is 0 Å². The number of hydrogen-bond donors (Lipinski definition) is 1. The van der Waals surface area contributed by atoms with E-state index in [1.807, 2.05) is 0 Å². The van der Waals surface area contributed by atoms with E-state index in [9.17, 15) is 0 Å². The fourth-order valence-corrected chi connectivity index (χ4v) is 2.33. The highest BCUT2D eigenvalue weighted by Gasteiger charge is 2.15. The molecule has 16 heavy (non-hydrogen) atoms. The van der Waals surface area contributed by atoms with Crippen LogP contribution < -0.4 is 5.73 Å². The van der Waals surface area contributed by atoms with Crippen LogP contribution in [0, 0.1) is 5.92 Å². The number of piperazine rings is 1. The molecule has 3 nitrogen and oxygen atoms in total. The molecule has 1 saturated heterocycles. The van der Waals surface area contributed by atoms with Gasteiger partial charge in [0.05, 0.1) is 0 Å². The Bertz CT molecular complexity index is 165. The Morgan fingerprint density at radius 1 is 1.06 bits per heavy atom. The molecular weight excluding hydrogens is 198 g/mol. The van der Waals surface area contributed by atoms with Gasteiger partial charge in [0.25, 0.3) is 0 Å². The van der Waals surface area contributed by atoms with Crippen molar-refractivity contribution in [3.63, 3.8) is 0 Å². The Balaban J connectivity index is 2.03. The van der Waals surface area contributed by atoms with Gasteiger partial charge in [-0.15, -0.1) is 0 Å². The van der Waals surface area contributed by atoms with Crippen molar-refractivity contribution < 1.29 is 0 Å². The van der Waals surface area contributed by atoms with Crippen LogP contribution >= 0.6 is 0 Å². The minimum atomic E-state index is 0.696. The summed E-state index contributed by atoms with van der Waals surface area (Å²) >= 11 is 0. The predicted octanol–water partition coefficient (Wildman–Crippen LogP) is 1.39. The third-order valence-corrected chi connectivity index (χ3v) is 3.58. The average molecular weight is 227 g/mol. The quantitative estimate of drug-likeness (QED) is 0.713. The molecule has 1 aliphatic heterocycles. The minimum Gasteiger partial charge on any atom is -0.330 e. The summed E-state index contributed by atoms with van der Waals surface area (Å²) in [5.41, 5.74) is 5.62. The number of nitrogens with two attached hydrogens (primary N) is 1. The summed E-state index contributed by atoms with van der Waals surface area (Å²) in [4.78, 5) is 5.19. The number of rotatable bonds is 7. The van der Waals surface area contributed by atoms with Crippen LogP contribution in [0.2, 0.25) is 0 Å². The largest absolute Gasteiger partial charge is 0.330 e. The van der Waals surface area contributed by atoms with E-state index < -0.39 is 0 Å². The molecule has 0 saturated carbocycles. The Hall–Kier alpha value is -0.120.